The van der Waals surface area contributed by atoms with Gasteiger partial charge >= 0.3 is 5.69 Å². The van der Waals surface area contributed by atoms with Crippen molar-refractivity contribution >= 4 is 24.0 Å². The Bertz CT molecular complexity index is 1220. The first-order valence-electron chi connectivity index (χ1n) is 9.81. The number of ether oxygens (including phenoxy) is 1. The average molecular weight is 438 g/mol. The smallest absolute Gasteiger partial charge is 0.340 e. The lowest BCUT2D eigenvalue weighted by atomic mass is 10.1. The van der Waals surface area contributed by atoms with Crippen LogP contribution in [0.5, 0.6) is 5.75 Å². The topological polar surface area (TPSA) is 99.8 Å². The van der Waals surface area contributed by atoms with Gasteiger partial charge in [-0.3, -0.25) is 4.57 Å². The molecule has 31 heavy (non-hydrogen) atoms. The van der Waals surface area contributed by atoms with E-state index in [4.69, 9.17) is 4.74 Å². The van der Waals surface area contributed by atoms with Crippen LogP contribution in [0.1, 0.15) is 29.7 Å². The third-order valence-corrected chi connectivity index (χ3v) is 5.44. The van der Waals surface area contributed by atoms with Gasteiger partial charge in [0.15, 0.2) is 5.65 Å². The first kappa shape index (κ1) is 21.0. The van der Waals surface area contributed by atoms with Gasteiger partial charge in [-0.2, -0.15) is 0 Å². The second-order valence-corrected chi connectivity index (χ2v) is 7.64. The minimum absolute atomic E-state index is 0.0393. The molecule has 0 aliphatic rings. The number of nitrogens with zero attached hydrogens (tertiary/aromatic N) is 6. The lowest BCUT2D eigenvalue weighted by Gasteiger charge is -2.13. The summed E-state index contributed by atoms with van der Waals surface area (Å²) in [6.45, 7) is 3.76. The van der Waals surface area contributed by atoms with Crippen LogP contribution in [0.4, 0.5) is 0 Å². The monoisotopic (exact) mass is 437 g/mol. The number of aromatic nitrogens is 6. The number of hydrogen-bond acceptors (Lipinski definition) is 8. The molecular formula is C21H23N7O2S. The molecule has 9 nitrogen and oxygen atoms in total. The van der Waals surface area contributed by atoms with E-state index < -0.39 is 0 Å². The Morgan fingerprint density at radius 1 is 1.10 bits per heavy atom. The second-order valence-electron chi connectivity index (χ2n) is 7.24. The maximum Gasteiger partial charge on any atom is 0.340 e. The number of benzene rings is 1. The van der Waals surface area contributed by atoms with Crippen molar-refractivity contribution in [1.82, 2.24) is 33.8 Å². The number of rotatable bonds is 8. The number of hydrogen-bond donors (Lipinski definition) is 2. The third-order valence-electron chi connectivity index (χ3n) is 5.07. The second kappa shape index (κ2) is 9.27. The van der Waals surface area contributed by atoms with E-state index >= 15 is 0 Å². The van der Waals surface area contributed by atoms with Crippen LogP contribution in [0.15, 0.2) is 54.1 Å². The number of thiol groups is 1. The molecule has 3 aromatic heterocycles. The molecule has 0 saturated carbocycles. The standard InChI is InChI=1S/C21H23N7O2S/c1-14(7-22-8-15-3-5-17(30-2)6-4-15)18-19-20(26-13-25-18)27(21(29)28(19)31)11-16-9-23-12-24-10-16/h3-6,9-10,12-14,22,31H,7-8,11H2,1-2H3. The fourth-order valence-electron chi connectivity index (χ4n) is 3.45. The number of fused-ring (bicyclic) bond motifs is 1. The summed E-state index contributed by atoms with van der Waals surface area (Å²) in [5.41, 5.74) is 3.61. The van der Waals surface area contributed by atoms with Crippen LogP contribution in [0.3, 0.4) is 0 Å². The Kier molecular flexibility index (Phi) is 6.28. The SMILES string of the molecule is COc1ccc(CNCC(C)c2ncnc3c2n(S)c(=O)n3Cc2cncnc2)cc1. The molecule has 0 aliphatic carbocycles. The van der Waals surface area contributed by atoms with Gasteiger partial charge in [0.1, 0.15) is 23.9 Å². The van der Waals surface area contributed by atoms with Crippen molar-refractivity contribution in [3.8, 4) is 5.75 Å². The van der Waals surface area contributed by atoms with E-state index in [1.807, 2.05) is 24.3 Å². The maximum absolute atomic E-state index is 12.8. The predicted molar refractivity (Wildman–Crippen MR) is 120 cm³/mol. The Labute approximate surface area is 184 Å². The van der Waals surface area contributed by atoms with E-state index in [1.165, 1.54) is 16.6 Å². The van der Waals surface area contributed by atoms with Gasteiger partial charge in [0.05, 0.1) is 19.3 Å². The van der Waals surface area contributed by atoms with Crippen LogP contribution in [0.2, 0.25) is 0 Å². The van der Waals surface area contributed by atoms with Crippen molar-refractivity contribution in [2.45, 2.75) is 25.9 Å². The van der Waals surface area contributed by atoms with E-state index in [-0.39, 0.29) is 11.6 Å². The predicted octanol–water partition coefficient (Wildman–Crippen LogP) is 2.03. The molecule has 1 unspecified atom stereocenters. The van der Waals surface area contributed by atoms with Gasteiger partial charge in [-0.25, -0.2) is 28.7 Å². The summed E-state index contributed by atoms with van der Waals surface area (Å²) in [6, 6.07) is 7.93. The lowest BCUT2D eigenvalue weighted by molar-refractivity contribution is 0.414. The molecule has 1 aromatic carbocycles. The van der Waals surface area contributed by atoms with Crippen LogP contribution in [0, 0.1) is 0 Å². The Morgan fingerprint density at radius 3 is 2.55 bits per heavy atom. The van der Waals surface area contributed by atoms with Gasteiger partial charge in [0.25, 0.3) is 0 Å². The lowest BCUT2D eigenvalue weighted by Crippen LogP contribution is -2.21. The van der Waals surface area contributed by atoms with Crippen molar-refractivity contribution in [2.75, 3.05) is 13.7 Å². The van der Waals surface area contributed by atoms with Gasteiger partial charge in [-0.1, -0.05) is 31.9 Å². The molecule has 4 aromatic rings. The van der Waals surface area contributed by atoms with Gasteiger partial charge in [-0.05, 0) is 17.7 Å². The summed E-state index contributed by atoms with van der Waals surface area (Å²) in [7, 11) is 1.65. The first-order chi connectivity index (χ1) is 15.1. The van der Waals surface area contributed by atoms with Crippen molar-refractivity contribution in [3.05, 3.63) is 76.6 Å². The summed E-state index contributed by atoms with van der Waals surface area (Å²) in [5, 5.41) is 3.45. The average Bonchev–Trinajstić information content (AvgIpc) is 3.05. The van der Waals surface area contributed by atoms with Gasteiger partial charge in [0.2, 0.25) is 0 Å². The van der Waals surface area contributed by atoms with E-state index in [0.717, 1.165) is 22.6 Å². The Morgan fingerprint density at radius 2 is 1.84 bits per heavy atom. The highest BCUT2D eigenvalue weighted by molar-refractivity contribution is 7.78. The summed E-state index contributed by atoms with van der Waals surface area (Å²) >= 11 is 4.42. The maximum atomic E-state index is 12.8. The molecule has 0 fully saturated rings. The highest BCUT2D eigenvalue weighted by Crippen LogP contribution is 2.22. The minimum atomic E-state index is -0.276. The quantitative estimate of drug-likeness (QED) is 0.407. The highest BCUT2D eigenvalue weighted by atomic mass is 32.1. The molecule has 3 heterocycles. The largest absolute Gasteiger partial charge is 0.497 e. The Hall–Kier alpha value is -3.24. The molecule has 0 bridgehead atoms. The molecule has 0 spiro atoms. The molecule has 0 radical (unpaired) electrons. The molecule has 0 amide bonds. The summed E-state index contributed by atoms with van der Waals surface area (Å²) in [4.78, 5) is 29.7. The number of methoxy groups -OCH3 is 1. The molecule has 4 rings (SSSR count). The van der Waals surface area contributed by atoms with Crippen molar-refractivity contribution < 1.29 is 4.74 Å². The van der Waals surface area contributed by atoms with E-state index in [0.29, 0.717) is 30.8 Å². The minimum Gasteiger partial charge on any atom is -0.497 e. The summed E-state index contributed by atoms with van der Waals surface area (Å²) in [6.07, 6.45) is 6.29. The van der Waals surface area contributed by atoms with Gasteiger partial charge in [-0.15, -0.1) is 0 Å². The van der Waals surface area contributed by atoms with E-state index in [2.05, 4.69) is 45.0 Å². The van der Waals surface area contributed by atoms with E-state index in [9.17, 15) is 4.79 Å². The molecule has 160 valence electrons. The zero-order valence-electron chi connectivity index (χ0n) is 17.3. The van der Waals surface area contributed by atoms with Crippen LogP contribution in [-0.2, 0) is 13.1 Å². The molecule has 0 aliphatic heterocycles. The van der Waals surface area contributed by atoms with Crippen molar-refractivity contribution in [2.24, 2.45) is 0 Å². The number of nitrogens with one attached hydrogen (secondary N) is 1. The fourth-order valence-corrected chi connectivity index (χ4v) is 3.75. The molecule has 1 N–H and O–H groups in total. The molecule has 10 heteroatoms. The van der Waals surface area contributed by atoms with Crippen LogP contribution in [-0.4, -0.2) is 42.1 Å². The molecule has 0 saturated heterocycles. The molecular weight excluding hydrogens is 414 g/mol. The summed E-state index contributed by atoms with van der Waals surface area (Å²) < 4.78 is 8.07. The van der Waals surface area contributed by atoms with Crippen molar-refractivity contribution in [3.63, 3.8) is 0 Å². The van der Waals surface area contributed by atoms with Crippen LogP contribution < -0.4 is 15.7 Å². The third kappa shape index (κ3) is 4.44. The van der Waals surface area contributed by atoms with E-state index in [1.54, 1.807) is 24.1 Å². The zero-order valence-corrected chi connectivity index (χ0v) is 18.2. The highest BCUT2D eigenvalue weighted by Gasteiger charge is 2.20. The van der Waals surface area contributed by atoms with Crippen LogP contribution >= 0.6 is 12.8 Å². The zero-order chi connectivity index (χ0) is 21.8. The normalized spacial score (nSPS) is 12.2. The Balaban J connectivity index is 1.54. The van der Waals surface area contributed by atoms with Gasteiger partial charge < -0.3 is 10.1 Å². The molecule has 1 atom stereocenters. The first-order valence-corrected chi connectivity index (χ1v) is 10.2. The summed E-state index contributed by atoms with van der Waals surface area (Å²) in [5.74, 6) is 0.872. The van der Waals surface area contributed by atoms with Gasteiger partial charge in [0, 0.05) is 37.0 Å². The fraction of sp³-hybridized carbons (Fsp3) is 0.286. The number of imidazole rings is 1. The van der Waals surface area contributed by atoms with Crippen molar-refractivity contribution in [1.29, 1.82) is 0 Å². The van der Waals surface area contributed by atoms with Crippen LogP contribution in [0.25, 0.3) is 11.2 Å².